The van der Waals surface area contributed by atoms with Crippen LogP contribution in [0.5, 0.6) is 0 Å². The maximum atomic E-state index is 11.1. The zero-order chi connectivity index (χ0) is 11.7. The van der Waals surface area contributed by atoms with Crippen molar-refractivity contribution in [2.75, 3.05) is 6.61 Å². The van der Waals surface area contributed by atoms with Crippen LogP contribution >= 0.6 is 0 Å². The molecule has 0 aliphatic carbocycles. The van der Waals surface area contributed by atoms with Crippen LogP contribution in [0.15, 0.2) is 12.3 Å². The maximum Gasteiger partial charge on any atom is 0.309 e. The van der Waals surface area contributed by atoms with Crippen molar-refractivity contribution in [1.29, 1.82) is 0 Å². The van der Waals surface area contributed by atoms with Gasteiger partial charge >= 0.3 is 5.97 Å². The van der Waals surface area contributed by atoms with Gasteiger partial charge in [0.2, 0.25) is 0 Å². The van der Waals surface area contributed by atoms with E-state index < -0.39 is 11.9 Å². The molecule has 5 heteroatoms. The summed E-state index contributed by atoms with van der Waals surface area (Å²) in [4.78, 5) is 11.1. The van der Waals surface area contributed by atoms with E-state index in [-0.39, 0.29) is 12.1 Å². The Hall–Kier alpha value is -1.36. The van der Waals surface area contributed by atoms with Crippen molar-refractivity contribution in [3.63, 3.8) is 0 Å². The molecule has 1 aromatic rings. The molecule has 1 fully saturated rings. The Morgan fingerprint density at radius 3 is 3.06 bits per heavy atom. The van der Waals surface area contributed by atoms with E-state index in [1.165, 1.54) is 0 Å². The SMILES string of the molecule is CC(C)n1nccc1[C@@H]1OCC[C@H]1C(=O)O. The minimum absolute atomic E-state index is 0.212. The highest BCUT2D eigenvalue weighted by Gasteiger charge is 2.37. The van der Waals surface area contributed by atoms with E-state index >= 15 is 0 Å². The first-order valence-corrected chi connectivity index (χ1v) is 5.49. The molecule has 0 bridgehead atoms. The normalized spacial score (nSPS) is 25.2. The number of hydrogen-bond acceptors (Lipinski definition) is 3. The molecule has 1 saturated heterocycles. The van der Waals surface area contributed by atoms with E-state index in [0.29, 0.717) is 13.0 Å². The number of ether oxygens (including phenoxy) is 1. The van der Waals surface area contributed by atoms with Crippen LogP contribution in [0.3, 0.4) is 0 Å². The Kier molecular flexibility index (Phi) is 2.96. The lowest BCUT2D eigenvalue weighted by atomic mass is 9.99. The first-order chi connectivity index (χ1) is 7.61. The molecule has 0 spiro atoms. The summed E-state index contributed by atoms with van der Waals surface area (Å²) in [5.74, 6) is -1.24. The lowest BCUT2D eigenvalue weighted by Gasteiger charge is -2.18. The molecule has 5 nitrogen and oxygen atoms in total. The fraction of sp³-hybridized carbons (Fsp3) is 0.636. The molecule has 0 amide bonds. The summed E-state index contributed by atoms with van der Waals surface area (Å²) in [6.07, 6.45) is 1.90. The van der Waals surface area contributed by atoms with Crippen LogP contribution in [-0.2, 0) is 9.53 Å². The summed E-state index contributed by atoms with van der Waals surface area (Å²) in [7, 11) is 0. The Morgan fingerprint density at radius 1 is 1.69 bits per heavy atom. The molecule has 0 radical (unpaired) electrons. The predicted molar refractivity (Wildman–Crippen MR) is 57.0 cm³/mol. The van der Waals surface area contributed by atoms with Crippen molar-refractivity contribution in [3.05, 3.63) is 18.0 Å². The van der Waals surface area contributed by atoms with Crippen LogP contribution < -0.4 is 0 Å². The Labute approximate surface area is 94.0 Å². The number of carboxylic acid groups (broad SMARTS) is 1. The average Bonchev–Trinajstić information content (AvgIpc) is 2.85. The van der Waals surface area contributed by atoms with Gasteiger partial charge in [0, 0.05) is 18.8 Å². The number of aromatic nitrogens is 2. The van der Waals surface area contributed by atoms with Crippen LogP contribution in [-0.4, -0.2) is 27.5 Å². The maximum absolute atomic E-state index is 11.1. The van der Waals surface area contributed by atoms with Gasteiger partial charge in [0.25, 0.3) is 0 Å². The molecule has 1 aliphatic heterocycles. The van der Waals surface area contributed by atoms with E-state index in [9.17, 15) is 4.79 Å². The molecule has 1 aliphatic rings. The fourth-order valence-corrected chi connectivity index (χ4v) is 2.12. The van der Waals surface area contributed by atoms with Gasteiger partial charge in [-0.3, -0.25) is 9.48 Å². The van der Waals surface area contributed by atoms with Gasteiger partial charge < -0.3 is 9.84 Å². The second-order valence-corrected chi connectivity index (χ2v) is 4.32. The van der Waals surface area contributed by atoms with Crippen LogP contribution in [0, 0.1) is 5.92 Å². The summed E-state index contributed by atoms with van der Waals surface area (Å²) >= 11 is 0. The molecule has 1 aromatic heterocycles. The third kappa shape index (κ3) is 1.82. The van der Waals surface area contributed by atoms with Crippen molar-refractivity contribution in [2.45, 2.75) is 32.4 Å². The molecule has 0 unspecified atom stereocenters. The molecule has 88 valence electrons. The first kappa shape index (κ1) is 11.1. The van der Waals surface area contributed by atoms with Crippen LogP contribution in [0.4, 0.5) is 0 Å². The molecule has 16 heavy (non-hydrogen) atoms. The van der Waals surface area contributed by atoms with Crippen LogP contribution in [0.1, 0.15) is 38.1 Å². The van der Waals surface area contributed by atoms with E-state index in [1.54, 1.807) is 6.20 Å². The van der Waals surface area contributed by atoms with Gasteiger partial charge in [-0.25, -0.2) is 0 Å². The van der Waals surface area contributed by atoms with Gasteiger partial charge in [0.05, 0.1) is 11.6 Å². The second-order valence-electron chi connectivity index (χ2n) is 4.32. The summed E-state index contributed by atoms with van der Waals surface area (Å²) in [6, 6.07) is 2.05. The molecule has 2 heterocycles. The minimum Gasteiger partial charge on any atom is -0.481 e. The standard InChI is InChI=1S/C11H16N2O3/c1-7(2)13-9(3-5-12-13)10-8(11(14)15)4-6-16-10/h3,5,7-8,10H,4,6H2,1-2H3,(H,14,15)/t8-,10-/m1/s1. The van der Waals surface area contributed by atoms with Crippen molar-refractivity contribution in [3.8, 4) is 0 Å². The average molecular weight is 224 g/mol. The van der Waals surface area contributed by atoms with E-state index in [1.807, 2.05) is 24.6 Å². The highest BCUT2D eigenvalue weighted by atomic mass is 16.5. The smallest absolute Gasteiger partial charge is 0.309 e. The van der Waals surface area contributed by atoms with Crippen molar-refractivity contribution < 1.29 is 14.6 Å². The Bertz CT molecular complexity index is 386. The zero-order valence-electron chi connectivity index (χ0n) is 9.46. The molecule has 2 atom stereocenters. The topological polar surface area (TPSA) is 64.4 Å². The van der Waals surface area contributed by atoms with Crippen LogP contribution in [0.2, 0.25) is 0 Å². The summed E-state index contributed by atoms with van der Waals surface area (Å²) < 4.78 is 7.35. The lowest BCUT2D eigenvalue weighted by Crippen LogP contribution is -2.21. The number of carboxylic acids is 1. The Balaban J connectivity index is 2.29. The number of nitrogens with zero attached hydrogens (tertiary/aromatic N) is 2. The lowest BCUT2D eigenvalue weighted by molar-refractivity contribution is -0.143. The third-order valence-electron chi connectivity index (χ3n) is 2.89. The summed E-state index contributed by atoms with van der Waals surface area (Å²) in [6.45, 7) is 4.54. The first-order valence-electron chi connectivity index (χ1n) is 5.49. The van der Waals surface area contributed by atoms with Crippen LogP contribution in [0.25, 0.3) is 0 Å². The monoisotopic (exact) mass is 224 g/mol. The second kappa shape index (κ2) is 4.25. The highest BCUT2D eigenvalue weighted by Crippen LogP contribution is 2.35. The predicted octanol–water partition coefficient (Wildman–Crippen LogP) is 1.63. The largest absolute Gasteiger partial charge is 0.481 e. The van der Waals surface area contributed by atoms with E-state index in [4.69, 9.17) is 9.84 Å². The molecule has 0 aromatic carbocycles. The van der Waals surface area contributed by atoms with Gasteiger partial charge in [-0.15, -0.1) is 0 Å². The van der Waals surface area contributed by atoms with Gasteiger partial charge in [-0.2, -0.15) is 5.10 Å². The quantitative estimate of drug-likeness (QED) is 0.847. The molecular formula is C11H16N2O3. The van der Waals surface area contributed by atoms with Gasteiger partial charge in [0.1, 0.15) is 6.10 Å². The number of rotatable bonds is 3. The molecule has 1 N–H and O–H groups in total. The fourth-order valence-electron chi connectivity index (χ4n) is 2.12. The molecule has 2 rings (SSSR count). The van der Waals surface area contributed by atoms with Crippen molar-refractivity contribution in [1.82, 2.24) is 9.78 Å². The van der Waals surface area contributed by atoms with E-state index in [0.717, 1.165) is 5.69 Å². The third-order valence-corrected chi connectivity index (χ3v) is 2.89. The van der Waals surface area contributed by atoms with Gasteiger partial charge in [0.15, 0.2) is 0 Å². The molecular weight excluding hydrogens is 208 g/mol. The summed E-state index contributed by atoms with van der Waals surface area (Å²) in [5.41, 5.74) is 0.861. The minimum atomic E-state index is -0.793. The number of aliphatic carboxylic acids is 1. The number of carbonyl (C=O) groups is 1. The number of hydrogen-bond donors (Lipinski definition) is 1. The zero-order valence-corrected chi connectivity index (χ0v) is 9.46. The highest BCUT2D eigenvalue weighted by molar-refractivity contribution is 5.71. The van der Waals surface area contributed by atoms with Crippen molar-refractivity contribution >= 4 is 5.97 Å². The Morgan fingerprint density at radius 2 is 2.44 bits per heavy atom. The summed E-state index contributed by atoms with van der Waals surface area (Å²) in [5, 5.41) is 13.3. The van der Waals surface area contributed by atoms with Gasteiger partial charge in [-0.05, 0) is 26.3 Å². The molecule has 0 saturated carbocycles. The van der Waals surface area contributed by atoms with Crippen molar-refractivity contribution in [2.24, 2.45) is 5.92 Å². The van der Waals surface area contributed by atoms with E-state index in [2.05, 4.69) is 5.10 Å². The van der Waals surface area contributed by atoms with Gasteiger partial charge in [-0.1, -0.05) is 0 Å².